The van der Waals surface area contributed by atoms with Crippen LogP contribution in [0.5, 0.6) is 5.75 Å². The van der Waals surface area contributed by atoms with Crippen molar-refractivity contribution in [2.75, 3.05) is 25.5 Å². The fourth-order valence-corrected chi connectivity index (χ4v) is 5.73. The van der Waals surface area contributed by atoms with Crippen LogP contribution in [-0.2, 0) is 14.8 Å². The first-order valence-electron chi connectivity index (χ1n) is 11.5. The number of ether oxygens (including phenoxy) is 1. The van der Waals surface area contributed by atoms with Crippen LogP contribution in [0.15, 0.2) is 41.3 Å². The van der Waals surface area contributed by atoms with Crippen molar-refractivity contribution in [1.29, 1.82) is 0 Å². The quantitative estimate of drug-likeness (QED) is 0.546. The predicted octanol–water partition coefficient (Wildman–Crippen LogP) is 3.76. The molecular formula is C24H31N5O4S. The van der Waals surface area contributed by atoms with Gasteiger partial charge in [-0.2, -0.15) is 4.31 Å². The Kier molecular flexibility index (Phi) is 6.90. The molecule has 2 heterocycles. The lowest BCUT2D eigenvalue weighted by atomic mass is 9.97. The number of piperidine rings is 1. The standard InChI is InChI=1S/C24H31N5O4S/c1-5-17(3)29-22-8-7-19(15-20(22)26-27-29)34(31,32)28-12-10-18(11-13-28)24(30)25-21-14-16(2)6-9-23(21)33-4/h6-9,14-15,17-18H,5,10-13H2,1-4H3,(H,25,30)/t17-/m0/s1. The van der Waals surface area contributed by atoms with Gasteiger partial charge in [-0.15, -0.1) is 5.10 Å². The molecule has 0 saturated carbocycles. The van der Waals surface area contributed by atoms with Gasteiger partial charge in [-0.05, 0) is 69.0 Å². The Bertz CT molecular complexity index is 1300. The number of nitrogens with zero attached hydrogens (tertiary/aromatic N) is 4. The van der Waals surface area contributed by atoms with Gasteiger partial charge in [-0.3, -0.25) is 4.79 Å². The van der Waals surface area contributed by atoms with Crippen LogP contribution in [0.3, 0.4) is 0 Å². The van der Waals surface area contributed by atoms with E-state index in [0.29, 0.717) is 29.8 Å². The molecule has 1 saturated heterocycles. The molecule has 1 aromatic heterocycles. The fraction of sp³-hybridized carbons (Fsp3) is 0.458. The summed E-state index contributed by atoms with van der Waals surface area (Å²) in [7, 11) is -2.13. The Morgan fingerprint density at radius 2 is 1.94 bits per heavy atom. The van der Waals surface area contributed by atoms with Gasteiger partial charge in [0.1, 0.15) is 11.3 Å². The normalized spacial score (nSPS) is 16.5. The maximum absolute atomic E-state index is 13.3. The molecular weight excluding hydrogens is 454 g/mol. The number of rotatable bonds is 7. The lowest BCUT2D eigenvalue weighted by Gasteiger charge is -2.30. The molecule has 0 bridgehead atoms. The van der Waals surface area contributed by atoms with Crippen molar-refractivity contribution >= 4 is 32.7 Å². The summed E-state index contributed by atoms with van der Waals surface area (Å²) in [4.78, 5) is 13.0. The smallest absolute Gasteiger partial charge is 0.243 e. The maximum atomic E-state index is 13.3. The monoisotopic (exact) mass is 485 g/mol. The number of aryl methyl sites for hydroxylation is 1. The number of carbonyl (C=O) groups excluding carboxylic acids is 1. The van der Waals surface area contributed by atoms with Crippen molar-refractivity contribution in [2.24, 2.45) is 5.92 Å². The summed E-state index contributed by atoms with van der Waals surface area (Å²) in [6.07, 6.45) is 1.80. The van der Waals surface area contributed by atoms with Crippen molar-refractivity contribution in [2.45, 2.75) is 51.0 Å². The fourth-order valence-electron chi connectivity index (χ4n) is 4.24. The van der Waals surface area contributed by atoms with Gasteiger partial charge in [-0.25, -0.2) is 13.1 Å². The van der Waals surface area contributed by atoms with Gasteiger partial charge < -0.3 is 10.1 Å². The van der Waals surface area contributed by atoms with E-state index in [2.05, 4.69) is 22.6 Å². The molecule has 1 atom stereocenters. The van der Waals surface area contributed by atoms with Crippen LogP contribution in [0.25, 0.3) is 11.0 Å². The third-order valence-electron chi connectivity index (χ3n) is 6.53. The third-order valence-corrected chi connectivity index (χ3v) is 8.42. The van der Waals surface area contributed by atoms with E-state index in [4.69, 9.17) is 4.74 Å². The van der Waals surface area contributed by atoms with Crippen LogP contribution in [-0.4, -0.2) is 53.8 Å². The zero-order valence-corrected chi connectivity index (χ0v) is 20.8. The molecule has 1 aliphatic heterocycles. The zero-order chi connectivity index (χ0) is 24.5. The number of amides is 1. The van der Waals surface area contributed by atoms with E-state index in [1.807, 2.05) is 36.7 Å². The second kappa shape index (κ2) is 9.71. The largest absolute Gasteiger partial charge is 0.495 e. The van der Waals surface area contributed by atoms with Crippen LogP contribution in [0.4, 0.5) is 5.69 Å². The lowest BCUT2D eigenvalue weighted by Crippen LogP contribution is -2.41. The molecule has 0 radical (unpaired) electrons. The highest BCUT2D eigenvalue weighted by atomic mass is 32.2. The van der Waals surface area contributed by atoms with Crippen LogP contribution in [0.2, 0.25) is 0 Å². The predicted molar refractivity (Wildman–Crippen MR) is 130 cm³/mol. The van der Waals surface area contributed by atoms with Gasteiger partial charge in [0.25, 0.3) is 0 Å². The highest BCUT2D eigenvalue weighted by Crippen LogP contribution is 2.29. The van der Waals surface area contributed by atoms with E-state index in [1.165, 1.54) is 4.31 Å². The van der Waals surface area contributed by atoms with Crippen LogP contribution >= 0.6 is 0 Å². The number of nitrogens with one attached hydrogen (secondary N) is 1. The van der Waals surface area contributed by atoms with Crippen LogP contribution in [0, 0.1) is 12.8 Å². The van der Waals surface area contributed by atoms with E-state index in [-0.39, 0.29) is 35.9 Å². The second-order valence-electron chi connectivity index (χ2n) is 8.81. The van der Waals surface area contributed by atoms with Crippen molar-refractivity contribution in [3.63, 3.8) is 0 Å². The number of aromatic nitrogens is 3. The number of carbonyl (C=O) groups is 1. The maximum Gasteiger partial charge on any atom is 0.243 e. The number of sulfonamides is 1. The average Bonchev–Trinajstić information content (AvgIpc) is 3.27. The Balaban J connectivity index is 1.44. The van der Waals surface area contributed by atoms with E-state index >= 15 is 0 Å². The van der Waals surface area contributed by atoms with Gasteiger partial charge in [0, 0.05) is 19.0 Å². The molecule has 3 aromatic rings. The van der Waals surface area contributed by atoms with Crippen molar-refractivity contribution in [3.05, 3.63) is 42.0 Å². The summed E-state index contributed by atoms with van der Waals surface area (Å²) in [5, 5.41) is 11.3. The molecule has 1 aliphatic rings. The number of hydrogen-bond donors (Lipinski definition) is 1. The second-order valence-corrected chi connectivity index (χ2v) is 10.8. The van der Waals surface area contributed by atoms with Crippen molar-refractivity contribution in [3.8, 4) is 5.75 Å². The molecule has 0 unspecified atom stereocenters. The summed E-state index contributed by atoms with van der Waals surface area (Å²) in [5.74, 6) is 0.207. The van der Waals surface area contributed by atoms with Crippen LogP contribution in [0.1, 0.15) is 44.7 Å². The molecule has 4 rings (SSSR count). The minimum atomic E-state index is -3.69. The molecule has 182 valence electrons. The Morgan fingerprint density at radius 1 is 1.21 bits per heavy atom. The van der Waals surface area contributed by atoms with E-state index in [1.54, 1.807) is 25.3 Å². The van der Waals surface area contributed by atoms with Gasteiger partial charge in [0.15, 0.2) is 0 Å². The first kappa shape index (κ1) is 24.2. The topological polar surface area (TPSA) is 106 Å². The zero-order valence-electron chi connectivity index (χ0n) is 20.0. The molecule has 1 fully saturated rings. The Labute approximate surface area is 200 Å². The number of benzene rings is 2. The lowest BCUT2D eigenvalue weighted by molar-refractivity contribution is -0.120. The summed E-state index contributed by atoms with van der Waals surface area (Å²) >= 11 is 0. The first-order chi connectivity index (χ1) is 16.2. The summed E-state index contributed by atoms with van der Waals surface area (Å²) < 4.78 is 35.1. The first-order valence-corrected chi connectivity index (χ1v) is 13.0. The molecule has 34 heavy (non-hydrogen) atoms. The van der Waals surface area contributed by atoms with E-state index in [9.17, 15) is 13.2 Å². The van der Waals surface area contributed by atoms with E-state index in [0.717, 1.165) is 17.5 Å². The molecule has 2 aromatic carbocycles. The molecule has 1 N–H and O–H groups in total. The Hall–Kier alpha value is -2.98. The molecule has 1 amide bonds. The minimum Gasteiger partial charge on any atom is -0.495 e. The summed E-state index contributed by atoms with van der Waals surface area (Å²) in [5.41, 5.74) is 3.01. The molecule has 0 spiro atoms. The average molecular weight is 486 g/mol. The van der Waals surface area contributed by atoms with Crippen LogP contribution < -0.4 is 10.1 Å². The highest BCUT2D eigenvalue weighted by Gasteiger charge is 2.32. The van der Waals surface area contributed by atoms with Crippen molar-refractivity contribution in [1.82, 2.24) is 19.3 Å². The number of fused-ring (bicyclic) bond motifs is 1. The number of anilines is 1. The van der Waals surface area contributed by atoms with Gasteiger partial charge >= 0.3 is 0 Å². The molecule has 0 aliphatic carbocycles. The molecule has 9 nitrogen and oxygen atoms in total. The molecule has 10 heteroatoms. The number of methoxy groups -OCH3 is 1. The Morgan fingerprint density at radius 3 is 2.62 bits per heavy atom. The van der Waals surface area contributed by atoms with Gasteiger partial charge in [-0.1, -0.05) is 18.2 Å². The summed E-state index contributed by atoms with van der Waals surface area (Å²) in [6.45, 7) is 6.62. The van der Waals surface area contributed by atoms with Crippen molar-refractivity contribution < 1.29 is 17.9 Å². The SMILES string of the molecule is CC[C@H](C)n1nnc2cc(S(=O)(=O)N3CCC(C(=O)Nc4cc(C)ccc4OC)CC3)ccc21. The highest BCUT2D eigenvalue weighted by molar-refractivity contribution is 7.89. The minimum absolute atomic E-state index is 0.121. The number of hydrogen-bond acceptors (Lipinski definition) is 6. The van der Waals surface area contributed by atoms with Gasteiger partial charge in [0.2, 0.25) is 15.9 Å². The summed E-state index contributed by atoms with van der Waals surface area (Å²) in [6, 6.07) is 10.7. The van der Waals surface area contributed by atoms with E-state index < -0.39 is 10.0 Å². The third kappa shape index (κ3) is 4.65. The van der Waals surface area contributed by atoms with Gasteiger partial charge in [0.05, 0.1) is 29.3 Å².